The van der Waals surface area contributed by atoms with Crippen LogP contribution in [0.2, 0.25) is 10.0 Å². The Balaban J connectivity index is 1.94. The summed E-state index contributed by atoms with van der Waals surface area (Å²) in [6.07, 6.45) is 0. The molecule has 1 aliphatic rings. The number of benzene rings is 3. The van der Waals surface area contributed by atoms with Crippen LogP contribution in [-0.2, 0) is 14.3 Å². The number of carbonyl (C=O) groups excluding carboxylic acids is 3. The zero-order chi connectivity index (χ0) is 27.6. The molecular formula is C28H23Cl2NO7. The van der Waals surface area contributed by atoms with Crippen LogP contribution in [0.15, 0.2) is 66.2 Å². The van der Waals surface area contributed by atoms with Gasteiger partial charge in [0.15, 0.2) is 0 Å². The van der Waals surface area contributed by atoms with Gasteiger partial charge < -0.3 is 19.3 Å². The summed E-state index contributed by atoms with van der Waals surface area (Å²) in [6.45, 7) is 1.91. The number of anilines is 1. The van der Waals surface area contributed by atoms with Crippen LogP contribution in [0, 0.1) is 0 Å². The number of ether oxygens (including phenoxy) is 3. The van der Waals surface area contributed by atoms with E-state index in [0.717, 1.165) is 0 Å². The lowest BCUT2D eigenvalue weighted by Crippen LogP contribution is -2.29. The molecule has 10 heteroatoms. The minimum Gasteiger partial charge on any atom is -0.507 e. The SMILES string of the molecule is CCOC(=O)c1ccc(N2C(=O)C(=O)/C(=C(/O)c3cc(Cl)cc(Cl)c3OC)C2c2cccc(OC)c2)cc1. The van der Waals surface area contributed by atoms with Crippen molar-refractivity contribution in [2.75, 3.05) is 25.7 Å². The first-order valence-electron chi connectivity index (χ1n) is 11.5. The number of hydrogen-bond acceptors (Lipinski definition) is 7. The lowest BCUT2D eigenvalue weighted by molar-refractivity contribution is -0.132. The van der Waals surface area contributed by atoms with E-state index in [1.165, 1.54) is 55.5 Å². The lowest BCUT2D eigenvalue weighted by Gasteiger charge is -2.26. The maximum absolute atomic E-state index is 13.5. The van der Waals surface area contributed by atoms with E-state index in [2.05, 4.69) is 0 Å². The van der Waals surface area contributed by atoms with Gasteiger partial charge in [-0.05, 0) is 61.0 Å². The average molecular weight is 556 g/mol. The summed E-state index contributed by atoms with van der Waals surface area (Å²) in [4.78, 5) is 40.2. The normalized spacial score (nSPS) is 16.4. The highest BCUT2D eigenvalue weighted by molar-refractivity contribution is 6.52. The van der Waals surface area contributed by atoms with E-state index < -0.39 is 29.5 Å². The number of Topliss-reactive ketones (excluding diaryl/α,β-unsaturated/α-hetero) is 1. The molecule has 8 nitrogen and oxygen atoms in total. The first-order chi connectivity index (χ1) is 18.2. The third-order valence-corrected chi connectivity index (χ3v) is 6.48. The molecule has 3 aromatic carbocycles. The molecule has 1 fully saturated rings. The predicted molar refractivity (Wildman–Crippen MR) is 143 cm³/mol. The van der Waals surface area contributed by atoms with Crippen molar-refractivity contribution >= 4 is 52.3 Å². The molecule has 38 heavy (non-hydrogen) atoms. The Morgan fingerprint density at radius 3 is 2.34 bits per heavy atom. The van der Waals surface area contributed by atoms with E-state index in [9.17, 15) is 19.5 Å². The first kappa shape index (κ1) is 27.0. The van der Waals surface area contributed by atoms with Crippen LogP contribution in [-0.4, -0.2) is 43.6 Å². The third-order valence-electron chi connectivity index (χ3n) is 5.98. The minimum atomic E-state index is -1.05. The van der Waals surface area contributed by atoms with Crippen molar-refractivity contribution in [1.29, 1.82) is 0 Å². The Bertz CT molecular complexity index is 1450. The van der Waals surface area contributed by atoms with Gasteiger partial charge in [-0.3, -0.25) is 14.5 Å². The summed E-state index contributed by atoms with van der Waals surface area (Å²) >= 11 is 12.5. The largest absolute Gasteiger partial charge is 0.507 e. The molecule has 1 heterocycles. The van der Waals surface area contributed by atoms with E-state index >= 15 is 0 Å². The molecule has 1 N–H and O–H groups in total. The van der Waals surface area contributed by atoms with E-state index in [0.29, 0.717) is 17.0 Å². The number of ketones is 1. The molecule has 0 bridgehead atoms. The van der Waals surface area contributed by atoms with Crippen LogP contribution in [0.25, 0.3) is 5.76 Å². The minimum absolute atomic E-state index is 0.0496. The number of carbonyl (C=O) groups is 3. The number of rotatable bonds is 7. The molecule has 196 valence electrons. The van der Waals surface area contributed by atoms with Crippen LogP contribution in [0.1, 0.15) is 34.5 Å². The van der Waals surface area contributed by atoms with Crippen molar-refractivity contribution in [1.82, 2.24) is 0 Å². The fraction of sp³-hybridized carbons (Fsp3) is 0.179. The molecular weight excluding hydrogens is 533 g/mol. The summed E-state index contributed by atoms with van der Waals surface area (Å²) in [5.74, 6) is -2.27. The van der Waals surface area contributed by atoms with Gasteiger partial charge in [0.1, 0.15) is 17.3 Å². The average Bonchev–Trinajstić information content (AvgIpc) is 3.18. The van der Waals surface area contributed by atoms with Crippen LogP contribution in [0.4, 0.5) is 5.69 Å². The van der Waals surface area contributed by atoms with E-state index in [1.54, 1.807) is 31.2 Å². The standard InChI is InChI=1S/C28H23Cl2NO7/c1-4-38-28(35)15-8-10-18(11-9-15)31-23(16-6-5-7-19(12-16)36-2)22(25(33)27(31)34)24(32)20-13-17(29)14-21(30)26(20)37-3/h5-14,23,32H,4H2,1-3H3/b24-22+. The summed E-state index contributed by atoms with van der Waals surface area (Å²) in [6, 6.07) is 14.6. The third kappa shape index (κ3) is 4.92. The van der Waals surface area contributed by atoms with Crippen LogP contribution in [0.3, 0.4) is 0 Å². The number of aliphatic hydroxyl groups is 1. The van der Waals surface area contributed by atoms with Gasteiger partial charge in [0, 0.05) is 10.7 Å². The zero-order valence-electron chi connectivity index (χ0n) is 20.7. The predicted octanol–water partition coefficient (Wildman–Crippen LogP) is 5.81. The highest BCUT2D eigenvalue weighted by Crippen LogP contribution is 2.45. The summed E-state index contributed by atoms with van der Waals surface area (Å²) in [5.41, 5.74) is 0.945. The molecule has 1 saturated heterocycles. The van der Waals surface area contributed by atoms with Gasteiger partial charge in [-0.25, -0.2) is 4.79 Å². The van der Waals surface area contributed by atoms with Crippen LogP contribution in [0.5, 0.6) is 11.5 Å². The fourth-order valence-electron chi connectivity index (χ4n) is 4.29. The van der Waals surface area contributed by atoms with Gasteiger partial charge in [-0.15, -0.1) is 0 Å². The number of aliphatic hydroxyl groups excluding tert-OH is 1. The second-order valence-corrected chi connectivity index (χ2v) is 9.03. The Morgan fingerprint density at radius 1 is 1.00 bits per heavy atom. The van der Waals surface area contributed by atoms with E-state index in [-0.39, 0.29) is 39.1 Å². The number of hydrogen-bond donors (Lipinski definition) is 1. The first-order valence-corrected chi connectivity index (χ1v) is 12.2. The highest BCUT2D eigenvalue weighted by Gasteiger charge is 2.47. The van der Waals surface area contributed by atoms with Crippen molar-refractivity contribution < 1.29 is 33.7 Å². The molecule has 3 aromatic rings. The number of amides is 1. The fourth-order valence-corrected chi connectivity index (χ4v) is 4.86. The number of nitrogens with zero attached hydrogens (tertiary/aromatic N) is 1. The second kappa shape index (κ2) is 11.2. The number of esters is 1. The Labute approximate surface area is 228 Å². The molecule has 1 amide bonds. The molecule has 1 unspecified atom stereocenters. The summed E-state index contributed by atoms with van der Waals surface area (Å²) in [7, 11) is 2.85. The Morgan fingerprint density at radius 2 is 1.71 bits per heavy atom. The van der Waals surface area contributed by atoms with Crippen molar-refractivity contribution in [2.45, 2.75) is 13.0 Å². The van der Waals surface area contributed by atoms with Gasteiger partial charge in [0.25, 0.3) is 11.7 Å². The van der Waals surface area contributed by atoms with Crippen molar-refractivity contribution in [3.05, 3.63) is 93.0 Å². The maximum Gasteiger partial charge on any atom is 0.338 e. The molecule has 0 radical (unpaired) electrons. The molecule has 0 aliphatic carbocycles. The monoisotopic (exact) mass is 555 g/mol. The molecule has 0 saturated carbocycles. The van der Waals surface area contributed by atoms with Gasteiger partial charge in [0.05, 0.1) is 48.6 Å². The van der Waals surface area contributed by atoms with Crippen molar-refractivity contribution in [2.24, 2.45) is 0 Å². The van der Waals surface area contributed by atoms with Gasteiger partial charge >= 0.3 is 5.97 Å². The van der Waals surface area contributed by atoms with Gasteiger partial charge in [-0.1, -0.05) is 35.3 Å². The maximum atomic E-state index is 13.5. The summed E-state index contributed by atoms with van der Waals surface area (Å²) < 4.78 is 15.7. The molecule has 0 spiro atoms. The summed E-state index contributed by atoms with van der Waals surface area (Å²) in [5, 5.41) is 11.8. The van der Waals surface area contributed by atoms with E-state index in [4.69, 9.17) is 37.4 Å². The number of methoxy groups -OCH3 is 2. The quantitative estimate of drug-likeness (QED) is 0.170. The van der Waals surface area contributed by atoms with E-state index in [1.807, 2.05) is 0 Å². The Hall–Kier alpha value is -4.01. The lowest BCUT2D eigenvalue weighted by atomic mass is 9.94. The number of halogens is 2. The second-order valence-electron chi connectivity index (χ2n) is 8.18. The molecule has 0 aromatic heterocycles. The van der Waals surface area contributed by atoms with Crippen LogP contribution >= 0.6 is 23.2 Å². The van der Waals surface area contributed by atoms with Crippen LogP contribution < -0.4 is 14.4 Å². The molecule has 4 rings (SSSR count). The van der Waals surface area contributed by atoms with Gasteiger partial charge in [0.2, 0.25) is 0 Å². The molecule has 1 aliphatic heterocycles. The topological polar surface area (TPSA) is 102 Å². The smallest absolute Gasteiger partial charge is 0.338 e. The van der Waals surface area contributed by atoms with Crippen molar-refractivity contribution in [3.63, 3.8) is 0 Å². The zero-order valence-corrected chi connectivity index (χ0v) is 22.2. The van der Waals surface area contributed by atoms with Gasteiger partial charge in [-0.2, -0.15) is 0 Å². The highest BCUT2D eigenvalue weighted by atomic mass is 35.5. The van der Waals surface area contributed by atoms with Crippen molar-refractivity contribution in [3.8, 4) is 11.5 Å². The Kier molecular flexibility index (Phi) is 7.94. The molecule has 1 atom stereocenters.